The molecule has 0 unspecified atom stereocenters. The van der Waals surface area contributed by atoms with Crippen LogP contribution in [0.5, 0.6) is 11.5 Å². The molecule has 0 radical (unpaired) electrons. The van der Waals surface area contributed by atoms with Gasteiger partial charge in [0, 0.05) is 18.0 Å². The van der Waals surface area contributed by atoms with Gasteiger partial charge in [0.05, 0.1) is 24.8 Å². The van der Waals surface area contributed by atoms with E-state index in [2.05, 4.69) is 15.2 Å². The zero-order valence-electron chi connectivity index (χ0n) is 16.9. The number of ether oxygens (including phenoxy) is 2. The second-order valence-electron chi connectivity index (χ2n) is 6.69. The second-order valence-corrected chi connectivity index (χ2v) is 6.69. The summed E-state index contributed by atoms with van der Waals surface area (Å²) in [5.41, 5.74) is 1.72. The Balaban J connectivity index is 0.00000300. The fourth-order valence-electron chi connectivity index (χ4n) is 3.28. The molecule has 0 saturated heterocycles. The second kappa shape index (κ2) is 9.58. The van der Waals surface area contributed by atoms with Crippen molar-refractivity contribution in [3.8, 4) is 11.5 Å². The molecule has 0 aliphatic heterocycles. The van der Waals surface area contributed by atoms with Crippen LogP contribution in [0.1, 0.15) is 6.42 Å². The molecule has 156 valence electrons. The highest BCUT2D eigenvalue weighted by Gasteiger charge is 2.23. The lowest BCUT2D eigenvalue weighted by Crippen LogP contribution is -2.16. The molecule has 0 spiro atoms. The largest absolute Gasteiger partial charge is 0.494 e. The number of non-ortho nitro benzene ring substituents is 1. The predicted molar refractivity (Wildman–Crippen MR) is 118 cm³/mol. The molecule has 1 heterocycles. The van der Waals surface area contributed by atoms with E-state index in [4.69, 9.17) is 9.47 Å². The molecular formula is C20H25ClN4O4. The molecule has 0 aliphatic rings. The molecule has 0 saturated carbocycles. The Kier molecular flexibility index (Phi) is 7.41. The van der Waals surface area contributed by atoms with Gasteiger partial charge in [-0.05, 0) is 39.2 Å². The Morgan fingerprint density at radius 2 is 1.79 bits per heavy atom. The highest BCUT2D eigenvalue weighted by atomic mass is 35.5. The van der Waals surface area contributed by atoms with E-state index in [1.807, 2.05) is 32.3 Å². The van der Waals surface area contributed by atoms with Crippen LogP contribution < -0.4 is 14.8 Å². The number of benzene rings is 2. The van der Waals surface area contributed by atoms with E-state index in [0.29, 0.717) is 40.2 Å². The summed E-state index contributed by atoms with van der Waals surface area (Å²) in [5, 5.41) is 16.3. The first-order chi connectivity index (χ1) is 13.5. The van der Waals surface area contributed by atoms with Crippen molar-refractivity contribution in [2.45, 2.75) is 6.42 Å². The summed E-state index contributed by atoms with van der Waals surface area (Å²) in [6.07, 6.45) is 0.889. The third-order valence-electron chi connectivity index (χ3n) is 4.58. The van der Waals surface area contributed by atoms with Crippen molar-refractivity contribution in [2.24, 2.45) is 0 Å². The van der Waals surface area contributed by atoms with E-state index < -0.39 is 0 Å². The zero-order valence-corrected chi connectivity index (χ0v) is 17.7. The number of nitro groups is 1. The van der Waals surface area contributed by atoms with Crippen molar-refractivity contribution >= 4 is 45.6 Å². The minimum absolute atomic E-state index is 0. The summed E-state index contributed by atoms with van der Waals surface area (Å²) in [5.74, 6) is 1.08. The highest BCUT2D eigenvalue weighted by molar-refractivity contribution is 6.13. The van der Waals surface area contributed by atoms with E-state index in [0.717, 1.165) is 18.4 Å². The number of para-hydroxylation sites is 1. The van der Waals surface area contributed by atoms with Gasteiger partial charge in [-0.1, -0.05) is 12.1 Å². The molecule has 8 nitrogen and oxygen atoms in total. The van der Waals surface area contributed by atoms with E-state index in [9.17, 15) is 10.1 Å². The number of nitrogens with one attached hydrogen (secondary N) is 1. The van der Waals surface area contributed by atoms with Crippen molar-refractivity contribution in [1.29, 1.82) is 0 Å². The van der Waals surface area contributed by atoms with Gasteiger partial charge in [-0.3, -0.25) is 10.1 Å². The molecular weight excluding hydrogens is 396 g/mol. The maximum Gasteiger partial charge on any atom is 0.281 e. The van der Waals surface area contributed by atoms with Crippen molar-refractivity contribution in [3.05, 3.63) is 40.4 Å². The lowest BCUT2D eigenvalue weighted by atomic mass is 10.0. The molecule has 0 bridgehead atoms. The number of aromatic nitrogens is 1. The average Bonchev–Trinajstić information content (AvgIpc) is 2.68. The smallest absolute Gasteiger partial charge is 0.281 e. The van der Waals surface area contributed by atoms with Gasteiger partial charge in [0.1, 0.15) is 27.9 Å². The topological polar surface area (TPSA) is 89.8 Å². The fourth-order valence-corrected chi connectivity index (χ4v) is 3.28. The third-order valence-corrected chi connectivity index (χ3v) is 4.58. The summed E-state index contributed by atoms with van der Waals surface area (Å²) in [6, 6.07) is 8.60. The molecule has 1 N–H and O–H groups in total. The standard InChI is InChI=1S/C20H24N4O4.ClH/c1-23(2)12-6-11-21-19-13-7-5-8-15(27-3)18(13)22-20-16(28-4)10-9-14(17(19)20)24(25)26;/h5,7-10H,6,11-12H2,1-4H3,(H,21,22);1H. The zero-order chi connectivity index (χ0) is 20.3. The van der Waals surface area contributed by atoms with E-state index in [1.165, 1.54) is 13.2 Å². The molecule has 0 atom stereocenters. The fraction of sp³-hybridized carbons (Fsp3) is 0.350. The first-order valence-corrected chi connectivity index (χ1v) is 8.98. The van der Waals surface area contributed by atoms with Gasteiger partial charge in [-0.25, -0.2) is 4.98 Å². The van der Waals surface area contributed by atoms with Crippen LogP contribution in [0.4, 0.5) is 11.4 Å². The normalized spacial score (nSPS) is 10.8. The highest BCUT2D eigenvalue weighted by Crippen LogP contribution is 2.42. The maximum atomic E-state index is 11.7. The number of hydrogen-bond donors (Lipinski definition) is 1. The molecule has 29 heavy (non-hydrogen) atoms. The number of rotatable bonds is 8. The summed E-state index contributed by atoms with van der Waals surface area (Å²) in [6.45, 7) is 1.57. The van der Waals surface area contributed by atoms with Crippen molar-refractivity contribution < 1.29 is 14.4 Å². The first-order valence-electron chi connectivity index (χ1n) is 8.98. The molecule has 9 heteroatoms. The Hall–Kier alpha value is -2.84. The SMILES string of the molecule is COc1cccc2c(NCCCN(C)C)c3c([N+](=O)[O-])ccc(OC)c3nc12.Cl. The van der Waals surface area contributed by atoms with Crippen LogP contribution >= 0.6 is 12.4 Å². The Morgan fingerprint density at radius 3 is 2.41 bits per heavy atom. The van der Waals surface area contributed by atoms with Gasteiger partial charge in [-0.15, -0.1) is 12.4 Å². The lowest BCUT2D eigenvalue weighted by Gasteiger charge is -2.17. The van der Waals surface area contributed by atoms with Crippen molar-refractivity contribution in [2.75, 3.05) is 46.7 Å². The Morgan fingerprint density at radius 1 is 1.10 bits per heavy atom. The van der Waals surface area contributed by atoms with Gasteiger partial charge in [0.25, 0.3) is 5.69 Å². The third kappa shape index (κ3) is 4.44. The van der Waals surface area contributed by atoms with Gasteiger partial charge in [0.2, 0.25) is 0 Å². The van der Waals surface area contributed by atoms with Crippen molar-refractivity contribution in [1.82, 2.24) is 9.88 Å². The lowest BCUT2D eigenvalue weighted by molar-refractivity contribution is -0.383. The number of fused-ring (bicyclic) bond motifs is 2. The average molecular weight is 421 g/mol. The molecule has 3 rings (SSSR count). The molecule has 0 amide bonds. The quantitative estimate of drug-likeness (QED) is 0.254. The molecule has 1 aromatic heterocycles. The minimum Gasteiger partial charge on any atom is -0.494 e. The summed E-state index contributed by atoms with van der Waals surface area (Å²) in [4.78, 5) is 18.1. The van der Waals surface area contributed by atoms with Gasteiger partial charge in [-0.2, -0.15) is 0 Å². The van der Waals surface area contributed by atoms with Crippen LogP contribution in [0.3, 0.4) is 0 Å². The Labute approximate surface area is 175 Å². The maximum absolute atomic E-state index is 11.7. The van der Waals surface area contributed by atoms with Crippen molar-refractivity contribution in [3.63, 3.8) is 0 Å². The molecule has 3 aromatic rings. The molecule has 0 aliphatic carbocycles. The minimum atomic E-state index is -0.388. The molecule has 0 fully saturated rings. The number of pyridine rings is 1. The number of nitro benzene ring substituents is 1. The number of anilines is 1. The number of halogens is 1. The van der Waals surface area contributed by atoms with Crippen LogP contribution in [0.25, 0.3) is 21.8 Å². The summed E-state index contributed by atoms with van der Waals surface area (Å²) in [7, 11) is 7.13. The predicted octanol–water partition coefficient (Wildman–Crippen LogP) is 4.10. The first kappa shape index (κ1) is 22.4. The van der Waals surface area contributed by atoms with Crippen LogP contribution in [0.2, 0.25) is 0 Å². The summed E-state index contributed by atoms with van der Waals surface area (Å²) < 4.78 is 10.9. The van der Waals surface area contributed by atoms with Crippen LogP contribution in [0.15, 0.2) is 30.3 Å². The van der Waals surface area contributed by atoms with Gasteiger partial charge in [0.15, 0.2) is 0 Å². The number of methoxy groups -OCH3 is 2. The molecule has 2 aromatic carbocycles. The Bertz CT molecular complexity index is 1030. The van der Waals surface area contributed by atoms with E-state index in [-0.39, 0.29) is 23.0 Å². The number of nitrogens with zero attached hydrogens (tertiary/aromatic N) is 3. The summed E-state index contributed by atoms with van der Waals surface area (Å²) >= 11 is 0. The van der Waals surface area contributed by atoms with Gasteiger partial charge < -0.3 is 19.7 Å². The van der Waals surface area contributed by atoms with E-state index >= 15 is 0 Å². The van der Waals surface area contributed by atoms with Gasteiger partial charge >= 0.3 is 0 Å². The number of hydrogen-bond acceptors (Lipinski definition) is 7. The van der Waals surface area contributed by atoms with Crippen LogP contribution in [-0.2, 0) is 0 Å². The van der Waals surface area contributed by atoms with E-state index in [1.54, 1.807) is 13.2 Å². The van der Waals surface area contributed by atoms with Crippen LogP contribution in [-0.4, -0.2) is 56.2 Å². The monoisotopic (exact) mass is 420 g/mol. The van der Waals surface area contributed by atoms with Crippen LogP contribution in [0, 0.1) is 10.1 Å².